The molecule has 0 N–H and O–H groups in total. The number of imidazole rings is 1. The second-order valence-corrected chi connectivity index (χ2v) is 2.96. The Hall–Kier alpha value is -0.700. The maximum absolute atomic E-state index is 4.16. The molecule has 0 bridgehead atoms. The monoisotopic (exact) mass is 154 g/mol. The molecule has 0 saturated carbocycles. The molecule has 0 atom stereocenters. The first-order valence-corrected chi connectivity index (χ1v) is 3.89. The summed E-state index contributed by atoms with van der Waals surface area (Å²) in [6.07, 6.45) is 1.85. The fourth-order valence-electron chi connectivity index (χ4n) is 0.657. The SMILES string of the molecule is C=CSc1ncc(C)n1C. The quantitative estimate of drug-likeness (QED) is 0.606. The number of nitrogens with zero attached hydrogens (tertiary/aromatic N) is 2. The lowest BCUT2D eigenvalue weighted by Crippen LogP contribution is -1.91. The molecule has 0 aliphatic heterocycles. The van der Waals surface area contributed by atoms with Crippen LogP contribution in [-0.4, -0.2) is 9.55 Å². The fourth-order valence-corrected chi connectivity index (χ4v) is 1.22. The van der Waals surface area contributed by atoms with Gasteiger partial charge in [-0.15, -0.1) is 0 Å². The second-order valence-electron chi connectivity index (χ2n) is 2.03. The maximum Gasteiger partial charge on any atom is 0.172 e. The number of thioether (sulfide) groups is 1. The van der Waals surface area contributed by atoms with Crippen LogP contribution in [0, 0.1) is 6.92 Å². The van der Waals surface area contributed by atoms with Gasteiger partial charge < -0.3 is 4.57 Å². The van der Waals surface area contributed by atoms with Crippen molar-refractivity contribution >= 4 is 11.8 Å². The Kier molecular flexibility index (Phi) is 2.17. The third kappa shape index (κ3) is 1.24. The van der Waals surface area contributed by atoms with Crippen molar-refractivity contribution in [2.45, 2.75) is 12.1 Å². The molecule has 0 amide bonds. The largest absolute Gasteiger partial charge is 0.326 e. The van der Waals surface area contributed by atoms with Crippen LogP contribution in [-0.2, 0) is 7.05 Å². The van der Waals surface area contributed by atoms with Crippen LogP contribution < -0.4 is 0 Å². The summed E-state index contributed by atoms with van der Waals surface area (Å²) < 4.78 is 2.03. The Labute approximate surface area is 65.0 Å². The molecule has 54 valence electrons. The molecular formula is C7H10N2S. The van der Waals surface area contributed by atoms with Gasteiger partial charge in [0.05, 0.1) is 0 Å². The van der Waals surface area contributed by atoms with Crippen LogP contribution in [0.3, 0.4) is 0 Å². The number of hydrogen-bond acceptors (Lipinski definition) is 2. The number of aryl methyl sites for hydroxylation is 1. The van der Waals surface area contributed by atoms with Crippen molar-refractivity contribution in [3.63, 3.8) is 0 Å². The lowest BCUT2D eigenvalue weighted by molar-refractivity contribution is 0.767. The topological polar surface area (TPSA) is 17.8 Å². The van der Waals surface area contributed by atoms with E-state index in [1.165, 1.54) is 17.5 Å². The summed E-state index contributed by atoms with van der Waals surface area (Å²) in [6.45, 7) is 5.64. The highest BCUT2D eigenvalue weighted by Crippen LogP contribution is 2.16. The average molecular weight is 154 g/mol. The number of rotatable bonds is 2. The van der Waals surface area contributed by atoms with E-state index in [1.54, 1.807) is 5.41 Å². The number of hydrogen-bond donors (Lipinski definition) is 0. The van der Waals surface area contributed by atoms with Gasteiger partial charge in [-0.3, -0.25) is 0 Å². The first-order valence-electron chi connectivity index (χ1n) is 3.01. The Bertz CT molecular complexity index is 240. The summed E-state index contributed by atoms with van der Waals surface area (Å²) in [6, 6.07) is 0. The average Bonchev–Trinajstić information content (AvgIpc) is 2.20. The van der Waals surface area contributed by atoms with Gasteiger partial charge in [-0.25, -0.2) is 4.98 Å². The molecule has 1 aromatic rings. The predicted molar refractivity (Wildman–Crippen MR) is 44.0 cm³/mol. The summed E-state index contributed by atoms with van der Waals surface area (Å²) in [7, 11) is 1.99. The van der Waals surface area contributed by atoms with Gasteiger partial charge in [-0.05, 0) is 12.3 Å². The first kappa shape index (κ1) is 7.41. The van der Waals surface area contributed by atoms with Crippen molar-refractivity contribution in [2.75, 3.05) is 0 Å². The summed E-state index contributed by atoms with van der Waals surface area (Å²) in [5.41, 5.74) is 1.17. The molecule has 1 heterocycles. The van der Waals surface area contributed by atoms with Crippen molar-refractivity contribution < 1.29 is 0 Å². The third-order valence-corrected chi connectivity index (χ3v) is 2.12. The minimum Gasteiger partial charge on any atom is -0.326 e. The zero-order valence-electron chi connectivity index (χ0n) is 6.16. The van der Waals surface area contributed by atoms with Gasteiger partial charge in [-0.1, -0.05) is 18.3 Å². The van der Waals surface area contributed by atoms with E-state index in [-0.39, 0.29) is 0 Å². The van der Waals surface area contributed by atoms with Gasteiger partial charge in [0.1, 0.15) is 0 Å². The lowest BCUT2D eigenvalue weighted by Gasteiger charge is -1.97. The molecule has 0 spiro atoms. The maximum atomic E-state index is 4.16. The normalized spacial score (nSPS) is 9.80. The number of aromatic nitrogens is 2. The molecule has 0 radical (unpaired) electrons. The molecule has 0 unspecified atom stereocenters. The zero-order chi connectivity index (χ0) is 7.56. The second kappa shape index (κ2) is 2.92. The molecule has 0 aliphatic rings. The highest BCUT2D eigenvalue weighted by atomic mass is 32.2. The molecule has 0 aliphatic carbocycles. The first-order chi connectivity index (χ1) is 4.75. The molecule has 2 nitrogen and oxygen atoms in total. The van der Waals surface area contributed by atoms with E-state index in [0.717, 1.165) is 5.16 Å². The van der Waals surface area contributed by atoms with Crippen LogP contribution in [0.2, 0.25) is 0 Å². The molecule has 3 heteroatoms. The van der Waals surface area contributed by atoms with Crippen LogP contribution in [0.15, 0.2) is 23.3 Å². The summed E-state index contributed by atoms with van der Waals surface area (Å²) >= 11 is 1.54. The summed E-state index contributed by atoms with van der Waals surface area (Å²) in [5, 5.41) is 2.77. The van der Waals surface area contributed by atoms with Crippen LogP contribution in [0.4, 0.5) is 0 Å². The van der Waals surface area contributed by atoms with Crippen molar-refractivity contribution in [1.29, 1.82) is 0 Å². The van der Waals surface area contributed by atoms with E-state index in [9.17, 15) is 0 Å². The Balaban J connectivity index is 2.93. The van der Waals surface area contributed by atoms with Crippen molar-refractivity contribution in [1.82, 2.24) is 9.55 Å². The highest BCUT2D eigenvalue weighted by Gasteiger charge is 1.99. The van der Waals surface area contributed by atoms with Crippen LogP contribution in [0.1, 0.15) is 5.69 Å². The molecule has 1 rings (SSSR count). The highest BCUT2D eigenvalue weighted by molar-refractivity contribution is 8.02. The smallest absolute Gasteiger partial charge is 0.172 e. The summed E-state index contributed by atoms with van der Waals surface area (Å²) in [5.74, 6) is 0. The van der Waals surface area contributed by atoms with E-state index in [1.807, 2.05) is 24.7 Å². The van der Waals surface area contributed by atoms with Crippen molar-refractivity contribution in [3.05, 3.63) is 23.9 Å². The van der Waals surface area contributed by atoms with Gasteiger partial charge in [-0.2, -0.15) is 0 Å². The van der Waals surface area contributed by atoms with Crippen LogP contribution >= 0.6 is 11.8 Å². The Morgan fingerprint density at radius 3 is 2.90 bits per heavy atom. The van der Waals surface area contributed by atoms with E-state index in [0.29, 0.717) is 0 Å². The molecule has 0 aromatic carbocycles. The lowest BCUT2D eigenvalue weighted by atomic mass is 10.5. The Morgan fingerprint density at radius 2 is 2.50 bits per heavy atom. The Morgan fingerprint density at radius 1 is 1.80 bits per heavy atom. The standard InChI is InChI=1S/C7H10N2S/c1-4-10-7-8-5-6(2)9(7)3/h4-5H,1H2,2-3H3. The molecular weight excluding hydrogens is 144 g/mol. The van der Waals surface area contributed by atoms with Crippen LogP contribution in [0.25, 0.3) is 0 Å². The van der Waals surface area contributed by atoms with E-state index in [4.69, 9.17) is 0 Å². The van der Waals surface area contributed by atoms with Gasteiger partial charge in [0.15, 0.2) is 5.16 Å². The van der Waals surface area contributed by atoms with Gasteiger partial charge in [0.2, 0.25) is 0 Å². The summed E-state index contributed by atoms with van der Waals surface area (Å²) in [4.78, 5) is 4.16. The van der Waals surface area contributed by atoms with Crippen molar-refractivity contribution in [2.24, 2.45) is 7.05 Å². The van der Waals surface area contributed by atoms with E-state index < -0.39 is 0 Å². The van der Waals surface area contributed by atoms with Gasteiger partial charge in [0.25, 0.3) is 0 Å². The fraction of sp³-hybridized carbons (Fsp3) is 0.286. The molecule has 10 heavy (non-hydrogen) atoms. The molecule has 0 fully saturated rings. The van der Waals surface area contributed by atoms with E-state index in [2.05, 4.69) is 11.6 Å². The van der Waals surface area contributed by atoms with Crippen molar-refractivity contribution in [3.8, 4) is 0 Å². The minimum absolute atomic E-state index is 0.993. The molecule has 1 aromatic heterocycles. The zero-order valence-corrected chi connectivity index (χ0v) is 6.98. The van der Waals surface area contributed by atoms with E-state index >= 15 is 0 Å². The molecule has 0 saturated heterocycles. The van der Waals surface area contributed by atoms with Gasteiger partial charge in [0, 0.05) is 18.9 Å². The third-order valence-electron chi connectivity index (χ3n) is 1.37. The van der Waals surface area contributed by atoms with Crippen LogP contribution in [0.5, 0.6) is 0 Å². The predicted octanol–water partition coefficient (Wildman–Crippen LogP) is 1.96. The van der Waals surface area contributed by atoms with Gasteiger partial charge >= 0.3 is 0 Å². The minimum atomic E-state index is 0.993.